The molecule has 5 nitrogen and oxygen atoms in total. The largest absolute Gasteiger partial charge is 0.497 e. The Hall–Kier alpha value is -3.64. The molecule has 3 aromatic carbocycles. The number of anilines is 1. The van der Waals surface area contributed by atoms with Crippen molar-refractivity contribution in [1.82, 2.24) is 4.98 Å². The molecule has 0 aliphatic rings. The van der Waals surface area contributed by atoms with Crippen LogP contribution in [0.3, 0.4) is 0 Å². The Labute approximate surface area is 185 Å². The van der Waals surface area contributed by atoms with E-state index in [1.54, 1.807) is 14.2 Å². The van der Waals surface area contributed by atoms with Gasteiger partial charge in [-0.15, -0.1) is 11.3 Å². The van der Waals surface area contributed by atoms with Gasteiger partial charge in [-0.3, -0.25) is 10.1 Å². The molecule has 0 radical (unpaired) electrons. The van der Waals surface area contributed by atoms with Crippen LogP contribution >= 0.6 is 11.3 Å². The van der Waals surface area contributed by atoms with Crippen LogP contribution in [0.5, 0.6) is 11.5 Å². The summed E-state index contributed by atoms with van der Waals surface area (Å²) in [5, 5.41) is 5.37. The Kier molecular flexibility index (Phi) is 6.29. The van der Waals surface area contributed by atoms with Crippen molar-refractivity contribution in [2.24, 2.45) is 0 Å². The van der Waals surface area contributed by atoms with E-state index in [0.717, 1.165) is 22.4 Å². The molecular weight excluding hydrogens is 408 g/mol. The number of carbonyl (C=O) groups is 1. The Balaban J connectivity index is 1.54. The van der Waals surface area contributed by atoms with E-state index < -0.39 is 0 Å². The number of methoxy groups -OCH3 is 2. The molecule has 4 rings (SSSR count). The van der Waals surface area contributed by atoms with Crippen molar-refractivity contribution in [3.63, 3.8) is 0 Å². The van der Waals surface area contributed by atoms with E-state index in [0.29, 0.717) is 28.6 Å². The lowest BCUT2D eigenvalue weighted by Gasteiger charge is -2.09. The number of nitrogens with one attached hydrogen (secondary N) is 1. The topological polar surface area (TPSA) is 60.5 Å². The molecule has 0 aliphatic carbocycles. The van der Waals surface area contributed by atoms with E-state index in [-0.39, 0.29) is 5.91 Å². The number of aromatic nitrogens is 1. The Morgan fingerprint density at radius 3 is 2.52 bits per heavy atom. The maximum Gasteiger partial charge on any atom is 0.257 e. The van der Waals surface area contributed by atoms with E-state index in [1.807, 2.05) is 66.0 Å². The van der Waals surface area contributed by atoms with Gasteiger partial charge in [0, 0.05) is 22.6 Å². The quantitative estimate of drug-likeness (QED) is 0.410. The second-order valence-electron chi connectivity index (χ2n) is 6.88. The molecule has 31 heavy (non-hydrogen) atoms. The lowest BCUT2D eigenvalue weighted by molar-refractivity contribution is 0.102. The van der Waals surface area contributed by atoms with Gasteiger partial charge in [0.05, 0.1) is 19.9 Å². The van der Waals surface area contributed by atoms with E-state index in [4.69, 9.17) is 9.47 Å². The second-order valence-corrected chi connectivity index (χ2v) is 7.74. The molecule has 0 saturated carbocycles. The molecule has 0 unspecified atom stereocenters. The number of nitrogens with zero attached hydrogens (tertiary/aromatic N) is 1. The number of amides is 1. The zero-order valence-corrected chi connectivity index (χ0v) is 18.1. The first-order valence-corrected chi connectivity index (χ1v) is 10.7. The van der Waals surface area contributed by atoms with E-state index >= 15 is 0 Å². The van der Waals surface area contributed by atoms with Gasteiger partial charge in [-0.05, 0) is 35.7 Å². The van der Waals surface area contributed by atoms with Crippen LogP contribution in [0.15, 0.2) is 78.2 Å². The molecule has 0 atom stereocenters. The van der Waals surface area contributed by atoms with Gasteiger partial charge in [0.25, 0.3) is 5.91 Å². The van der Waals surface area contributed by atoms with Crippen LogP contribution in [0.1, 0.15) is 21.5 Å². The summed E-state index contributed by atoms with van der Waals surface area (Å²) in [7, 11) is 3.22. The molecule has 0 fully saturated rings. The van der Waals surface area contributed by atoms with Crippen molar-refractivity contribution < 1.29 is 14.3 Å². The number of hydrogen-bond donors (Lipinski definition) is 1. The SMILES string of the molecule is COc1ccc(-c2csc(NC(=O)c3ccccc3Cc3ccccc3)n2)c(OC)c1. The number of carbonyl (C=O) groups excluding carboxylic acids is 1. The van der Waals surface area contributed by atoms with Crippen molar-refractivity contribution in [3.05, 3.63) is 94.9 Å². The summed E-state index contributed by atoms with van der Waals surface area (Å²) in [6.07, 6.45) is 0.691. The molecule has 156 valence electrons. The van der Waals surface area contributed by atoms with Crippen LogP contribution in [0.25, 0.3) is 11.3 Å². The highest BCUT2D eigenvalue weighted by atomic mass is 32.1. The highest BCUT2D eigenvalue weighted by molar-refractivity contribution is 7.14. The van der Waals surface area contributed by atoms with Gasteiger partial charge >= 0.3 is 0 Å². The third-order valence-electron chi connectivity index (χ3n) is 4.91. The highest BCUT2D eigenvalue weighted by Crippen LogP contribution is 2.35. The molecule has 0 aliphatic heterocycles. The van der Waals surface area contributed by atoms with Gasteiger partial charge in [0.15, 0.2) is 5.13 Å². The number of thiazole rings is 1. The molecule has 0 bridgehead atoms. The fourth-order valence-electron chi connectivity index (χ4n) is 3.34. The van der Waals surface area contributed by atoms with E-state index in [1.165, 1.54) is 11.3 Å². The fourth-order valence-corrected chi connectivity index (χ4v) is 4.05. The minimum Gasteiger partial charge on any atom is -0.497 e. The third kappa shape index (κ3) is 4.75. The molecule has 6 heteroatoms. The first-order chi connectivity index (χ1) is 15.2. The van der Waals surface area contributed by atoms with Gasteiger partial charge in [-0.2, -0.15) is 0 Å². The molecule has 0 saturated heterocycles. The summed E-state index contributed by atoms with van der Waals surface area (Å²) in [6.45, 7) is 0. The monoisotopic (exact) mass is 430 g/mol. The fraction of sp³-hybridized carbons (Fsp3) is 0.120. The van der Waals surface area contributed by atoms with Crippen molar-refractivity contribution in [1.29, 1.82) is 0 Å². The minimum atomic E-state index is -0.172. The van der Waals surface area contributed by atoms with E-state index in [2.05, 4.69) is 22.4 Å². The van der Waals surface area contributed by atoms with Crippen LogP contribution in [0, 0.1) is 0 Å². The van der Waals surface area contributed by atoms with Crippen molar-refractivity contribution >= 4 is 22.4 Å². The first kappa shape index (κ1) is 20.6. The van der Waals surface area contributed by atoms with Crippen molar-refractivity contribution in [3.8, 4) is 22.8 Å². The maximum atomic E-state index is 13.0. The molecule has 4 aromatic rings. The number of benzene rings is 3. The van der Waals surface area contributed by atoms with E-state index in [9.17, 15) is 4.79 Å². The minimum absolute atomic E-state index is 0.172. The smallest absolute Gasteiger partial charge is 0.257 e. The average molecular weight is 431 g/mol. The van der Waals surface area contributed by atoms with Crippen LogP contribution in [0.2, 0.25) is 0 Å². The zero-order chi connectivity index (χ0) is 21.6. The number of ether oxygens (including phenoxy) is 2. The third-order valence-corrected chi connectivity index (χ3v) is 5.67. The first-order valence-electron chi connectivity index (χ1n) is 9.79. The Morgan fingerprint density at radius 2 is 1.74 bits per heavy atom. The maximum absolute atomic E-state index is 13.0. The molecule has 1 amide bonds. The normalized spacial score (nSPS) is 10.5. The molecule has 1 N–H and O–H groups in total. The predicted octanol–water partition coefficient (Wildman–Crippen LogP) is 5.67. The average Bonchev–Trinajstić information content (AvgIpc) is 3.27. The molecular formula is C25H22N2O3S. The summed E-state index contributed by atoms with van der Waals surface area (Å²) in [6, 6.07) is 23.3. The summed E-state index contributed by atoms with van der Waals surface area (Å²) in [5.41, 5.74) is 4.35. The molecule has 1 aromatic heterocycles. The van der Waals surface area contributed by atoms with Gasteiger partial charge in [-0.1, -0.05) is 48.5 Å². The molecule has 0 spiro atoms. The summed E-state index contributed by atoms with van der Waals surface area (Å²) >= 11 is 1.38. The van der Waals surface area contributed by atoms with Gasteiger partial charge in [-0.25, -0.2) is 4.98 Å². The second kappa shape index (κ2) is 9.45. The molecule has 1 heterocycles. The van der Waals surface area contributed by atoms with Gasteiger partial charge in [0.2, 0.25) is 0 Å². The number of hydrogen-bond acceptors (Lipinski definition) is 5. The van der Waals surface area contributed by atoms with Crippen molar-refractivity contribution in [2.45, 2.75) is 6.42 Å². The highest BCUT2D eigenvalue weighted by Gasteiger charge is 2.15. The summed E-state index contributed by atoms with van der Waals surface area (Å²) in [4.78, 5) is 17.6. The van der Waals surface area contributed by atoms with Crippen LogP contribution < -0.4 is 14.8 Å². The van der Waals surface area contributed by atoms with Gasteiger partial charge in [0.1, 0.15) is 11.5 Å². The van der Waals surface area contributed by atoms with Crippen LogP contribution in [-0.4, -0.2) is 25.1 Å². The Bertz CT molecular complexity index is 1190. The predicted molar refractivity (Wildman–Crippen MR) is 124 cm³/mol. The zero-order valence-electron chi connectivity index (χ0n) is 17.3. The summed E-state index contributed by atoms with van der Waals surface area (Å²) in [5.74, 6) is 1.20. The number of rotatable bonds is 7. The lowest BCUT2D eigenvalue weighted by Crippen LogP contribution is -2.14. The van der Waals surface area contributed by atoms with Gasteiger partial charge < -0.3 is 9.47 Å². The van der Waals surface area contributed by atoms with Crippen LogP contribution in [0.4, 0.5) is 5.13 Å². The van der Waals surface area contributed by atoms with Crippen molar-refractivity contribution in [2.75, 3.05) is 19.5 Å². The Morgan fingerprint density at radius 1 is 0.968 bits per heavy atom. The lowest BCUT2D eigenvalue weighted by atomic mass is 9.99. The van der Waals surface area contributed by atoms with Crippen LogP contribution in [-0.2, 0) is 6.42 Å². The summed E-state index contributed by atoms with van der Waals surface area (Å²) < 4.78 is 10.7. The standard InChI is InChI=1S/C25H22N2O3S/c1-29-19-12-13-21(23(15-19)30-2)22-16-31-25(26-22)27-24(28)20-11-7-6-10-18(20)14-17-8-4-3-5-9-17/h3-13,15-16H,14H2,1-2H3,(H,26,27,28).